The van der Waals surface area contributed by atoms with E-state index in [9.17, 15) is 0 Å². The van der Waals surface area contributed by atoms with Crippen LogP contribution in [0.5, 0.6) is 5.75 Å². The minimum absolute atomic E-state index is 0.200. The Morgan fingerprint density at radius 2 is 1.91 bits per heavy atom. The number of fused-ring (bicyclic) bond motifs is 3. The minimum Gasteiger partial charge on any atom is -0.497 e. The van der Waals surface area contributed by atoms with Gasteiger partial charge in [0.2, 0.25) is 0 Å². The lowest BCUT2D eigenvalue weighted by atomic mass is 9.78. The second-order valence-electron chi connectivity index (χ2n) is 6.07. The average Bonchev–Trinajstić information content (AvgIpc) is 2.61. The Hall–Kier alpha value is -2.00. The van der Waals surface area contributed by atoms with Crippen molar-refractivity contribution in [2.75, 3.05) is 19.0 Å². The van der Waals surface area contributed by atoms with Crippen LogP contribution in [-0.4, -0.2) is 19.8 Å². The lowest BCUT2D eigenvalue weighted by molar-refractivity contribution is -0.0153. The molecule has 1 fully saturated rings. The van der Waals surface area contributed by atoms with Gasteiger partial charge in [-0.2, -0.15) is 0 Å². The average molecular weight is 295 g/mol. The molecule has 2 aliphatic rings. The zero-order chi connectivity index (χ0) is 14.9. The molecule has 0 aliphatic carbocycles. The number of hydrogen-bond donors (Lipinski definition) is 1. The normalized spacial score (nSPS) is 26.5. The monoisotopic (exact) mass is 295 g/mol. The van der Waals surface area contributed by atoms with Crippen molar-refractivity contribution >= 4 is 5.69 Å². The van der Waals surface area contributed by atoms with Crippen molar-refractivity contribution in [3.63, 3.8) is 0 Å². The molecule has 0 amide bonds. The SMILES string of the molecule is COc1ccc(C2Nc3ccccc3C3CCCOC32)cc1. The van der Waals surface area contributed by atoms with Gasteiger partial charge >= 0.3 is 0 Å². The molecule has 1 saturated heterocycles. The molecular weight excluding hydrogens is 274 g/mol. The Morgan fingerprint density at radius 3 is 2.73 bits per heavy atom. The molecule has 1 N–H and O–H groups in total. The lowest BCUT2D eigenvalue weighted by Crippen LogP contribution is -2.40. The number of benzene rings is 2. The zero-order valence-electron chi connectivity index (χ0n) is 12.8. The quantitative estimate of drug-likeness (QED) is 0.904. The fraction of sp³-hybridized carbons (Fsp3) is 0.368. The lowest BCUT2D eigenvalue weighted by Gasteiger charge is -2.43. The van der Waals surface area contributed by atoms with Gasteiger partial charge in [0.15, 0.2) is 0 Å². The molecule has 2 aliphatic heterocycles. The van der Waals surface area contributed by atoms with E-state index in [4.69, 9.17) is 9.47 Å². The van der Waals surface area contributed by atoms with Crippen molar-refractivity contribution in [2.24, 2.45) is 0 Å². The van der Waals surface area contributed by atoms with Gasteiger partial charge in [-0.15, -0.1) is 0 Å². The van der Waals surface area contributed by atoms with Crippen molar-refractivity contribution in [1.29, 1.82) is 0 Å². The summed E-state index contributed by atoms with van der Waals surface area (Å²) in [5.41, 5.74) is 3.90. The second-order valence-corrected chi connectivity index (χ2v) is 6.07. The van der Waals surface area contributed by atoms with E-state index in [-0.39, 0.29) is 12.1 Å². The van der Waals surface area contributed by atoms with Gasteiger partial charge in [-0.25, -0.2) is 0 Å². The van der Waals surface area contributed by atoms with Gasteiger partial charge in [-0.1, -0.05) is 30.3 Å². The van der Waals surface area contributed by atoms with E-state index in [1.807, 2.05) is 12.1 Å². The van der Waals surface area contributed by atoms with E-state index >= 15 is 0 Å². The maximum Gasteiger partial charge on any atom is 0.118 e. The molecule has 0 bridgehead atoms. The Balaban J connectivity index is 1.72. The first kappa shape index (κ1) is 13.6. The highest BCUT2D eigenvalue weighted by atomic mass is 16.5. The predicted octanol–water partition coefficient (Wildman–Crippen LogP) is 4.12. The van der Waals surface area contributed by atoms with Crippen molar-refractivity contribution in [2.45, 2.75) is 30.9 Å². The highest BCUT2D eigenvalue weighted by Gasteiger charge is 2.39. The maximum absolute atomic E-state index is 6.17. The largest absolute Gasteiger partial charge is 0.497 e. The molecule has 0 spiro atoms. The highest BCUT2D eigenvalue weighted by Crippen LogP contribution is 2.45. The van der Waals surface area contributed by atoms with E-state index in [1.54, 1.807) is 7.11 Å². The van der Waals surface area contributed by atoms with Crippen LogP contribution in [0.3, 0.4) is 0 Å². The number of anilines is 1. The van der Waals surface area contributed by atoms with Crippen LogP contribution in [0.15, 0.2) is 48.5 Å². The predicted molar refractivity (Wildman–Crippen MR) is 87.5 cm³/mol. The molecule has 114 valence electrons. The summed E-state index contributed by atoms with van der Waals surface area (Å²) >= 11 is 0. The summed E-state index contributed by atoms with van der Waals surface area (Å²) in [4.78, 5) is 0. The zero-order valence-corrected chi connectivity index (χ0v) is 12.8. The minimum atomic E-state index is 0.200. The molecule has 0 saturated carbocycles. The number of nitrogens with one attached hydrogen (secondary N) is 1. The van der Waals surface area contributed by atoms with Gasteiger partial charge in [-0.3, -0.25) is 0 Å². The van der Waals surface area contributed by atoms with E-state index in [0.29, 0.717) is 5.92 Å². The molecule has 4 rings (SSSR count). The third-order valence-electron chi connectivity index (χ3n) is 4.84. The fourth-order valence-corrected chi connectivity index (χ4v) is 3.75. The van der Waals surface area contributed by atoms with E-state index in [1.165, 1.54) is 23.2 Å². The maximum atomic E-state index is 6.17. The van der Waals surface area contributed by atoms with Gasteiger partial charge in [0.1, 0.15) is 5.75 Å². The standard InChI is InChI=1S/C19H21NO2/c1-21-14-10-8-13(9-11-14)18-19-16(6-4-12-22-19)15-5-2-3-7-17(15)20-18/h2-3,5,7-11,16,18-20H,4,6,12H2,1H3. The highest BCUT2D eigenvalue weighted by molar-refractivity contribution is 5.58. The Labute approximate surface area is 131 Å². The van der Waals surface area contributed by atoms with Crippen LogP contribution in [0.4, 0.5) is 5.69 Å². The number of methoxy groups -OCH3 is 1. The molecule has 3 unspecified atom stereocenters. The van der Waals surface area contributed by atoms with Crippen molar-refractivity contribution in [3.8, 4) is 5.75 Å². The Kier molecular flexibility index (Phi) is 3.51. The number of rotatable bonds is 2. The summed E-state index contributed by atoms with van der Waals surface area (Å²) in [5.74, 6) is 1.37. The topological polar surface area (TPSA) is 30.5 Å². The smallest absolute Gasteiger partial charge is 0.118 e. The molecule has 3 atom stereocenters. The third kappa shape index (κ3) is 2.26. The van der Waals surface area contributed by atoms with Crippen LogP contribution in [0.2, 0.25) is 0 Å². The van der Waals surface area contributed by atoms with Crippen molar-refractivity contribution < 1.29 is 9.47 Å². The third-order valence-corrected chi connectivity index (χ3v) is 4.84. The molecule has 22 heavy (non-hydrogen) atoms. The van der Waals surface area contributed by atoms with Gasteiger partial charge in [0.25, 0.3) is 0 Å². The van der Waals surface area contributed by atoms with E-state index in [0.717, 1.165) is 18.8 Å². The first-order valence-corrected chi connectivity index (χ1v) is 7.98. The summed E-state index contributed by atoms with van der Waals surface area (Å²) in [6.45, 7) is 0.859. The molecule has 0 aromatic heterocycles. The molecule has 3 nitrogen and oxygen atoms in total. The Bertz CT molecular complexity index is 653. The first-order valence-electron chi connectivity index (χ1n) is 7.98. The van der Waals surface area contributed by atoms with E-state index < -0.39 is 0 Å². The molecule has 0 radical (unpaired) electrons. The van der Waals surface area contributed by atoms with Crippen molar-refractivity contribution in [1.82, 2.24) is 0 Å². The van der Waals surface area contributed by atoms with Gasteiger partial charge < -0.3 is 14.8 Å². The summed E-state index contributed by atoms with van der Waals surface area (Å²) in [7, 11) is 1.70. The van der Waals surface area contributed by atoms with Crippen LogP contribution >= 0.6 is 0 Å². The number of ether oxygens (including phenoxy) is 2. The molecule has 3 heteroatoms. The Morgan fingerprint density at radius 1 is 1.09 bits per heavy atom. The van der Waals surface area contributed by atoms with Gasteiger partial charge in [0, 0.05) is 18.2 Å². The molecule has 2 aromatic rings. The van der Waals surface area contributed by atoms with Crippen LogP contribution < -0.4 is 10.1 Å². The summed E-state index contributed by atoms with van der Waals surface area (Å²) < 4.78 is 11.4. The van der Waals surface area contributed by atoms with Gasteiger partial charge in [0.05, 0.1) is 19.3 Å². The molecular formula is C19H21NO2. The molecule has 2 heterocycles. The second kappa shape index (κ2) is 5.65. The van der Waals surface area contributed by atoms with Crippen LogP contribution in [0.1, 0.15) is 35.9 Å². The van der Waals surface area contributed by atoms with Crippen LogP contribution in [0.25, 0.3) is 0 Å². The van der Waals surface area contributed by atoms with E-state index in [2.05, 4.69) is 41.7 Å². The molecule has 2 aromatic carbocycles. The number of hydrogen-bond acceptors (Lipinski definition) is 3. The summed E-state index contributed by atoms with van der Waals surface area (Å²) in [5, 5.41) is 3.68. The summed E-state index contributed by atoms with van der Waals surface area (Å²) in [6.07, 6.45) is 2.55. The van der Waals surface area contributed by atoms with Crippen molar-refractivity contribution in [3.05, 3.63) is 59.7 Å². The fourth-order valence-electron chi connectivity index (χ4n) is 3.75. The number of para-hydroxylation sites is 1. The first-order chi connectivity index (χ1) is 10.9. The summed E-state index contributed by atoms with van der Waals surface area (Å²) in [6, 6.07) is 17.2. The van der Waals surface area contributed by atoms with Crippen LogP contribution in [0, 0.1) is 0 Å². The van der Waals surface area contributed by atoms with Gasteiger partial charge in [-0.05, 0) is 42.2 Å². The van der Waals surface area contributed by atoms with Crippen LogP contribution in [-0.2, 0) is 4.74 Å².